The summed E-state index contributed by atoms with van der Waals surface area (Å²) in [7, 11) is 0. The maximum atomic E-state index is 11.9. The number of nitrogens with one attached hydrogen (secondary N) is 1. The number of H-pyrrole nitrogens is 1. The summed E-state index contributed by atoms with van der Waals surface area (Å²) in [6.45, 7) is 10.5. The van der Waals surface area contributed by atoms with E-state index in [1.165, 1.54) is 0 Å². The van der Waals surface area contributed by atoms with Crippen molar-refractivity contribution < 1.29 is 9.53 Å². The van der Waals surface area contributed by atoms with E-state index in [4.69, 9.17) is 4.74 Å². The first-order valence-corrected chi connectivity index (χ1v) is 8.03. The topological polar surface area (TPSA) is 72.8 Å². The Morgan fingerprint density at radius 1 is 1.29 bits per heavy atom. The van der Waals surface area contributed by atoms with Crippen LogP contribution in [0.15, 0.2) is 24.3 Å². The number of nitrogens with zero attached hydrogens (tertiary/aromatic N) is 3. The first-order valence-electron chi connectivity index (χ1n) is 8.03. The number of esters is 1. The Kier molecular flexibility index (Phi) is 3.91. The summed E-state index contributed by atoms with van der Waals surface area (Å²) in [5.41, 5.74) is 3.21. The summed E-state index contributed by atoms with van der Waals surface area (Å²) in [5, 5.41) is 7.53. The SMILES string of the molecule is CCOC(=O)c1ccc2c(c1)nc(C)n2-c1cc(C(C)(C)C)[nH]n1. The average molecular weight is 326 g/mol. The van der Waals surface area contributed by atoms with Gasteiger partial charge in [-0.25, -0.2) is 9.78 Å². The number of hydrogen-bond donors (Lipinski definition) is 1. The molecule has 1 N–H and O–H groups in total. The molecule has 3 aromatic rings. The molecule has 24 heavy (non-hydrogen) atoms. The summed E-state index contributed by atoms with van der Waals surface area (Å²) >= 11 is 0. The van der Waals surface area contributed by atoms with Crippen LogP contribution in [-0.4, -0.2) is 32.3 Å². The predicted octanol–water partition coefficient (Wildman–Crippen LogP) is 3.53. The van der Waals surface area contributed by atoms with Crippen LogP contribution in [0.3, 0.4) is 0 Å². The first-order chi connectivity index (χ1) is 11.3. The third-order valence-corrected chi connectivity index (χ3v) is 3.93. The highest BCUT2D eigenvalue weighted by molar-refractivity contribution is 5.94. The van der Waals surface area contributed by atoms with E-state index < -0.39 is 0 Å². The van der Waals surface area contributed by atoms with Crippen LogP contribution in [0.2, 0.25) is 0 Å². The molecule has 0 atom stereocenters. The number of imidazole rings is 1. The molecule has 0 aliphatic rings. The monoisotopic (exact) mass is 326 g/mol. The zero-order valence-corrected chi connectivity index (χ0v) is 14.7. The molecule has 2 heterocycles. The van der Waals surface area contributed by atoms with Crippen LogP contribution in [0.4, 0.5) is 0 Å². The van der Waals surface area contributed by atoms with Gasteiger partial charge in [0.1, 0.15) is 5.82 Å². The lowest BCUT2D eigenvalue weighted by Gasteiger charge is -2.14. The van der Waals surface area contributed by atoms with Crippen molar-refractivity contribution in [1.29, 1.82) is 0 Å². The molecule has 0 bridgehead atoms. The number of rotatable bonds is 3. The second-order valence-corrected chi connectivity index (χ2v) is 6.81. The van der Waals surface area contributed by atoms with Gasteiger partial charge in [0.15, 0.2) is 5.82 Å². The molecule has 1 aromatic carbocycles. The van der Waals surface area contributed by atoms with Crippen LogP contribution < -0.4 is 0 Å². The van der Waals surface area contributed by atoms with Crippen molar-refractivity contribution in [1.82, 2.24) is 19.7 Å². The van der Waals surface area contributed by atoms with E-state index in [0.29, 0.717) is 12.2 Å². The Morgan fingerprint density at radius 3 is 2.67 bits per heavy atom. The van der Waals surface area contributed by atoms with Crippen molar-refractivity contribution in [2.75, 3.05) is 6.61 Å². The minimum Gasteiger partial charge on any atom is -0.462 e. The third kappa shape index (κ3) is 2.79. The van der Waals surface area contributed by atoms with Crippen LogP contribution in [0.1, 0.15) is 49.6 Å². The first kappa shape index (κ1) is 16.2. The van der Waals surface area contributed by atoms with Crippen molar-refractivity contribution in [3.8, 4) is 5.82 Å². The molecule has 2 aromatic heterocycles. The van der Waals surface area contributed by atoms with Gasteiger partial charge >= 0.3 is 5.97 Å². The normalized spacial score (nSPS) is 11.9. The maximum Gasteiger partial charge on any atom is 0.338 e. The Hall–Kier alpha value is -2.63. The summed E-state index contributed by atoms with van der Waals surface area (Å²) in [5.74, 6) is 1.28. The molecule has 126 valence electrons. The van der Waals surface area contributed by atoms with Gasteiger partial charge in [0.05, 0.1) is 23.2 Å². The molecule has 6 heteroatoms. The molecule has 3 rings (SSSR count). The minimum absolute atomic E-state index is 0.00732. The molecule has 0 unspecified atom stereocenters. The van der Waals surface area contributed by atoms with Crippen LogP contribution in [-0.2, 0) is 10.2 Å². The molecule has 0 spiro atoms. The van der Waals surface area contributed by atoms with Crippen molar-refractivity contribution in [2.45, 2.75) is 40.0 Å². The summed E-state index contributed by atoms with van der Waals surface area (Å²) < 4.78 is 7.03. The van der Waals surface area contributed by atoms with Crippen molar-refractivity contribution >= 4 is 17.0 Å². The van der Waals surface area contributed by atoms with Gasteiger partial charge in [-0.2, -0.15) is 5.10 Å². The number of aromatic amines is 1. The van der Waals surface area contributed by atoms with Crippen LogP contribution in [0.25, 0.3) is 16.9 Å². The number of carbonyl (C=O) groups is 1. The van der Waals surface area contributed by atoms with Crippen LogP contribution in [0.5, 0.6) is 0 Å². The van der Waals surface area contributed by atoms with Crippen molar-refractivity contribution in [3.05, 3.63) is 41.3 Å². The van der Waals surface area contributed by atoms with Gasteiger partial charge in [-0.1, -0.05) is 20.8 Å². The van der Waals surface area contributed by atoms with Gasteiger partial charge in [0.2, 0.25) is 0 Å². The fourth-order valence-electron chi connectivity index (χ4n) is 2.64. The molecular formula is C18H22N4O2. The number of hydrogen-bond acceptors (Lipinski definition) is 4. The minimum atomic E-state index is -0.332. The van der Waals surface area contributed by atoms with Gasteiger partial charge in [0.25, 0.3) is 0 Å². The Bertz CT molecular complexity index is 900. The third-order valence-electron chi connectivity index (χ3n) is 3.93. The lowest BCUT2D eigenvalue weighted by atomic mass is 9.92. The molecule has 0 amide bonds. The number of benzene rings is 1. The smallest absolute Gasteiger partial charge is 0.338 e. The maximum absolute atomic E-state index is 11.9. The predicted molar refractivity (Wildman–Crippen MR) is 92.6 cm³/mol. The fourth-order valence-corrected chi connectivity index (χ4v) is 2.64. The van der Waals surface area contributed by atoms with E-state index in [-0.39, 0.29) is 11.4 Å². The summed E-state index contributed by atoms with van der Waals surface area (Å²) in [4.78, 5) is 16.5. The Balaban J connectivity index is 2.08. The van der Waals surface area contributed by atoms with E-state index in [0.717, 1.165) is 28.4 Å². The Morgan fingerprint density at radius 2 is 2.04 bits per heavy atom. The van der Waals surface area contributed by atoms with Crippen molar-refractivity contribution in [3.63, 3.8) is 0 Å². The standard InChI is InChI=1S/C18H22N4O2/c1-6-24-17(23)12-7-8-14-13(9-12)19-11(2)22(14)16-10-15(20-21-16)18(3,4)5/h7-10H,6H2,1-5H3,(H,20,21). The average Bonchev–Trinajstić information content (AvgIpc) is 3.09. The Labute approximate surface area is 140 Å². The zero-order chi connectivity index (χ0) is 17.5. The van der Waals surface area contributed by atoms with E-state index in [9.17, 15) is 4.79 Å². The van der Waals surface area contributed by atoms with E-state index >= 15 is 0 Å². The number of ether oxygens (including phenoxy) is 1. The van der Waals surface area contributed by atoms with Gasteiger partial charge < -0.3 is 4.74 Å². The molecule has 0 fully saturated rings. The highest BCUT2D eigenvalue weighted by Crippen LogP contribution is 2.25. The summed E-state index contributed by atoms with van der Waals surface area (Å²) in [6, 6.07) is 7.43. The number of fused-ring (bicyclic) bond motifs is 1. The van der Waals surface area contributed by atoms with Crippen LogP contribution >= 0.6 is 0 Å². The summed E-state index contributed by atoms with van der Waals surface area (Å²) in [6.07, 6.45) is 0. The molecular weight excluding hydrogens is 304 g/mol. The van der Waals surface area contributed by atoms with Gasteiger partial charge in [-0.3, -0.25) is 9.67 Å². The largest absolute Gasteiger partial charge is 0.462 e. The molecule has 0 saturated heterocycles. The molecule has 0 saturated carbocycles. The van der Waals surface area contributed by atoms with Crippen LogP contribution in [0, 0.1) is 6.92 Å². The number of carbonyl (C=O) groups excluding carboxylic acids is 1. The molecule has 0 radical (unpaired) electrons. The van der Waals surface area contributed by atoms with Gasteiger partial charge in [0, 0.05) is 17.2 Å². The van der Waals surface area contributed by atoms with Gasteiger partial charge in [-0.05, 0) is 32.0 Å². The van der Waals surface area contributed by atoms with E-state index in [1.807, 2.05) is 23.6 Å². The highest BCUT2D eigenvalue weighted by Gasteiger charge is 2.19. The lowest BCUT2D eigenvalue weighted by Crippen LogP contribution is -2.11. The second-order valence-electron chi connectivity index (χ2n) is 6.81. The van der Waals surface area contributed by atoms with Gasteiger partial charge in [-0.15, -0.1) is 0 Å². The number of aromatic nitrogens is 4. The molecule has 0 aliphatic heterocycles. The number of aryl methyl sites for hydroxylation is 1. The highest BCUT2D eigenvalue weighted by atomic mass is 16.5. The zero-order valence-electron chi connectivity index (χ0n) is 14.7. The quantitative estimate of drug-likeness (QED) is 0.747. The molecule has 0 aliphatic carbocycles. The molecule has 6 nitrogen and oxygen atoms in total. The van der Waals surface area contributed by atoms with Crippen molar-refractivity contribution in [2.24, 2.45) is 0 Å². The van der Waals surface area contributed by atoms with E-state index in [1.54, 1.807) is 19.1 Å². The van der Waals surface area contributed by atoms with E-state index in [2.05, 4.69) is 36.0 Å². The lowest BCUT2D eigenvalue weighted by molar-refractivity contribution is 0.0526. The fraction of sp³-hybridized carbons (Fsp3) is 0.389. The second kappa shape index (κ2) is 5.78.